The Hall–Kier alpha value is -2.62. The Morgan fingerprint density at radius 2 is 1.81 bits per heavy atom. The second kappa shape index (κ2) is 6.84. The van der Waals surface area contributed by atoms with Crippen LogP contribution >= 0.6 is 0 Å². The fourth-order valence-electron chi connectivity index (χ4n) is 2.88. The van der Waals surface area contributed by atoms with Crippen LogP contribution in [0.4, 0.5) is 4.39 Å². The largest absolute Gasteiger partial charge is 0.483 e. The quantitative estimate of drug-likeness (QED) is 0.655. The van der Waals surface area contributed by atoms with Crippen molar-refractivity contribution in [3.8, 4) is 5.75 Å². The molecule has 3 rings (SSSR count). The molecule has 1 heterocycles. The van der Waals surface area contributed by atoms with E-state index in [9.17, 15) is 9.18 Å². The smallest absolute Gasteiger partial charge is 0.341 e. The van der Waals surface area contributed by atoms with E-state index in [-0.39, 0.29) is 17.6 Å². The molecule has 0 aliphatic carbocycles. The third kappa shape index (κ3) is 4.38. The standard InChI is InChI=1S/C23H25FO3/c1-22(2,3)17-8-6-15(7-9-17)14-26-21(25)18-12-16-10-11-23(4,5)27-20(16)13-19(18)24/h6-13H,14H2,1-5H3. The number of hydrogen-bond donors (Lipinski definition) is 0. The number of rotatable bonds is 3. The summed E-state index contributed by atoms with van der Waals surface area (Å²) in [7, 11) is 0. The monoisotopic (exact) mass is 368 g/mol. The van der Waals surface area contributed by atoms with Gasteiger partial charge in [0.15, 0.2) is 0 Å². The zero-order chi connectivity index (χ0) is 19.8. The normalized spacial score (nSPS) is 15.0. The first-order valence-corrected chi connectivity index (χ1v) is 9.03. The SMILES string of the molecule is CC1(C)C=Cc2cc(C(=O)OCc3ccc(C(C)(C)C)cc3)c(F)cc2O1. The molecule has 0 saturated heterocycles. The third-order valence-corrected chi connectivity index (χ3v) is 4.55. The fourth-order valence-corrected chi connectivity index (χ4v) is 2.88. The predicted molar refractivity (Wildman–Crippen MR) is 104 cm³/mol. The predicted octanol–water partition coefficient (Wildman–Crippen LogP) is 5.66. The van der Waals surface area contributed by atoms with E-state index in [1.165, 1.54) is 17.7 Å². The molecule has 0 saturated carbocycles. The van der Waals surface area contributed by atoms with Crippen LogP contribution in [0.5, 0.6) is 5.75 Å². The highest BCUT2D eigenvalue weighted by Gasteiger charge is 2.25. The van der Waals surface area contributed by atoms with Gasteiger partial charge in [-0.3, -0.25) is 0 Å². The number of ether oxygens (including phenoxy) is 2. The lowest BCUT2D eigenvalue weighted by Crippen LogP contribution is -2.27. The lowest BCUT2D eigenvalue weighted by Gasteiger charge is -2.28. The molecule has 2 aromatic rings. The molecule has 1 aliphatic rings. The van der Waals surface area contributed by atoms with Crippen LogP contribution in [-0.4, -0.2) is 11.6 Å². The molecule has 0 atom stereocenters. The molecular formula is C23H25FO3. The third-order valence-electron chi connectivity index (χ3n) is 4.55. The first-order valence-electron chi connectivity index (χ1n) is 9.03. The molecule has 0 amide bonds. The van der Waals surface area contributed by atoms with Crippen molar-refractivity contribution in [1.29, 1.82) is 0 Å². The molecular weight excluding hydrogens is 343 g/mol. The summed E-state index contributed by atoms with van der Waals surface area (Å²) in [5, 5.41) is 0. The maximum atomic E-state index is 14.4. The van der Waals surface area contributed by atoms with E-state index in [1.807, 2.05) is 50.3 Å². The Kier molecular flexibility index (Phi) is 4.85. The number of fused-ring (bicyclic) bond motifs is 1. The van der Waals surface area contributed by atoms with Crippen molar-refractivity contribution in [3.05, 3.63) is 70.5 Å². The molecule has 4 heteroatoms. The van der Waals surface area contributed by atoms with Crippen molar-refractivity contribution >= 4 is 12.0 Å². The summed E-state index contributed by atoms with van der Waals surface area (Å²) in [5.74, 6) is -0.907. The van der Waals surface area contributed by atoms with Gasteiger partial charge in [-0.2, -0.15) is 0 Å². The van der Waals surface area contributed by atoms with Gasteiger partial charge in [0.1, 0.15) is 23.8 Å². The van der Waals surface area contributed by atoms with Gasteiger partial charge in [-0.1, -0.05) is 51.1 Å². The number of benzene rings is 2. The van der Waals surface area contributed by atoms with Crippen LogP contribution < -0.4 is 4.74 Å². The Morgan fingerprint density at radius 1 is 1.15 bits per heavy atom. The molecule has 142 valence electrons. The summed E-state index contributed by atoms with van der Waals surface area (Å²) in [4.78, 5) is 12.4. The Morgan fingerprint density at radius 3 is 2.44 bits per heavy atom. The van der Waals surface area contributed by atoms with Crippen molar-refractivity contribution in [2.75, 3.05) is 0 Å². The first kappa shape index (κ1) is 19.2. The zero-order valence-corrected chi connectivity index (χ0v) is 16.4. The van der Waals surface area contributed by atoms with Gasteiger partial charge in [-0.05, 0) is 42.5 Å². The molecule has 3 nitrogen and oxygen atoms in total. The van der Waals surface area contributed by atoms with E-state index >= 15 is 0 Å². The molecule has 0 fully saturated rings. The van der Waals surface area contributed by atoms with Gasteiger partial charge in [0.25, 0.3) is 0 Å². The van der Waals surface area contributed by atoms with Crippen LogP contribution in [0.25, 0.3) is 6.08 Å². The number of carbonyl (C=O) groups is 1. The van der Waals surface area contributed by atoms with Crippen LogP contribution in [0.15, 0.2) is 42.5 Å². The highest BCUT2D eigenvalue weighted by atomic mass is 19.1. The minimum absolute atomic E-state index is 0.0611. The summed E-state index contributed by atoms with van der Waals surface area (Å²) < 4.78 is 25.4. The Labute approximate surface area is 159 Å². The van der Waals surface area contributed by atoms with Crippen LogP contribution in [0.2, 0.25) is 0 Å². The molecule has 0 unspecified atom stereocenters. The number of halogens is 1. The van der Waals surface area contributed by atoms with Crippen molar-refractivity contribution in [2.45, 2.75) is 52.2 Å². The minimum atomic E-state index is -0.687. The molecule has 0 N–H and O–H groups in total. The Balaban J connectivity index is 1.72. The maximum absolute atomic E-state index is 14.4. The van der Waals surface area contributed by atoms with Crippen molar-refractivity contribution in [2.24, 2.45) is 0 Å². The summed E-state index contributed by atoms with van der Waals surface area (Å²) in [6, 6.07) is 10.6. The van der Waals surface area contributed by atoms with Crippen LogP contribution in [-0.2, 0) is 16.8 Å². The van der Waals surface area contributed by atoms with Gasteiger partial charge in [-0.15, -0.1) is 0 Å². The van der Waals surface area contributed by atoms with Crippen LogP contribution in [0.1, 0.15) is 61.7 Å². The lowest BCUT2D eigenvalue weighted by atomic mass is 9.87. The van der Waals surface area contributed by atoms with E-state index in [0.29, 0.717) is 11.3 Å². The highest BCUT2D eigenvalue weighted by molar-refractivity contribution is 5.91. The van der Waals surface area contributed by atoms with Crippen molar-refractivity contribution in [3.63, 3.8) is 0 Å². The minimum Gasteiger partial charge on any atom is -0.483 e. The maximum Gasteiger partial charge on any atom is 0.341 e. The van der Waals surface area contributed by atoms with Gasteiger partial charge in [0.2, 0.25) is 0 Å². The zero-order valence-electron chi connectivity index (χ0n) is 16.4. The lowest BCUT2D eigenvalue weighted by molar-refractivity contribution is 0.0467. The summed E-state index contributed by atoms with van der Waals surface area (Å²) >= 11 is 0. The van der Waals surface area contributed by atoms with Gasteiger partial charge in [-0.25, -0.2) is 9.18 Å². The molecule has 1 aliphatic heterocycles. The average molecular weight is 368 g/mol. The second-order valence-electron chi connectivity index (χ2n) is 8.43. The van der Waals surface area contributed by atoms with Crippen LogP contribution in [0.3, 0.4) is 0 Å². The van der Waals surface area contributed by atoms with Crippen molar-refractivity contribution in [1.82, 2.24) is 0 Å². The summed E-state index contributed by atoms with van der Waals surface area (Å²) in [5.41, 5.74) is 2.20. The van der Waals surface area contributed by atoms with Crippen molar-refractivity contribution < 1.29 is 18.7 Å². The fraction of sp³-hybridized carbons (Fsp3) is 0.348. The molecule has 0 aromatic heterocycles. The Bertz CT molecular complexity index is 887. The van der Waals surface area contributed by atoms with Gasteiger partial charge < -0.3 is 9.47 Å². The molecule has 0 radical (unpaired) electrons. The molecule has 27 heavy (non-hydrogen) atoms. The van der Waals surface area contributed by atoms with Gasteiger partial charge in [0.05, 0.1) is 5.56 Å². The summed E-state index contributed by atoms with van der Waals surface area (Å²) in [6.45, 7) is 10.3. The van der Waals surface area contributed by atoms with Gasteiger partial charge in [0, 0.05) is 11.6 Å². The summed E-state index contributed by atoms with van der Waals surface area (Å²) in [6.07, 6.45) is 3.71. The topological polar surface area (TPSA) is 35.5 Å². The van der Waals surface area contributed by atoms with Gasteiger partial charge >= 0.3 is 5.97 Å². The van der Waals surface area contributed by atoms with E-state index in [0.717, 1.165) is 5.56 Å². The first-order chi connectivity index (χ1) is 12.5. The van der Waals surface area contributed by atoms with E-state index in [1.54, 1.807) is 0 Å². The van der Waals surface area contributed by atoms with Crippen LogP contribution in [0, 0.1) is 5.82 Å². The van der Waals surface area contributed by atoms with E-state index in [4.69, 9.17) is 9.47 Å². The average Bonchev–Trinajstić information content (AvgIpc) is 2.58. The second-order valence-corrected chi connectivity index (χ2v) is 8.43. The number of esters is 1. The van der Waals surface area contributed by atoms with E-state index < -0.39 is 17.4 Å². The molecule has 0 spiro atoms. The number of carbonyl (C=O) groups excluding carboxylic acids is 1. The molecule has 2 aromatic carbocycles. The molecule has 0 bridgehead atoms. The number of hydrogen-bond acceptors (Lipinski definition) is 3. The highest BCUT2D eigenvalue weighted by Crippen LogP contribution is 2.33. The van der Waals surface area contributed by atoms with E-state index in [2.05, 4.69) is 20.8 Å².